The molecule has 0 spiro atoms. The zero-order chi connectivity index (χ0) is 8.97. The number of aliphatic hydroxyl groups is 3. The Morgan fingerprint density at radius 3 is 2.25 bits per heavy atom. The molecule has 0 fully saturated rings. The van der Waals surface area contributed by atoms with Crippen molar-refractivity contribution in [1.82, 2.24) is 0 Å². The number of hydrogen-bond acceptors (Lipinski definition) is 3. The number of aliphatic hydroxyl groups excluding tert-OH is 3. The monoisotopic (exact) mass is 166 g/mol. The summed E-state index contributed by atoms with van der Waals surface area (Å²) in [6.07, 6.45) is 6.55. The first-order valence-corrected chi connectivity index (χ1v) is 3.51. The first-order valence-electron chi connectivity index (χ1n) is 3.51. The summed E-state index contributed by atoms with van der Waals surface area (Å²) >= 11 is 0. The molecule has 0 aromatic carbocycles. The molecule has 1 aliphatic rings. The quantitative estimate of drug-likeness (QED) is 0.484. The minimum Gasteiger partial charge on any atom is -0.515 e. The lowest BCUT2D eigenvalue weighted by Gasteiger charge is -2.11. The van der Waals surface area contributed by atoms with Crippen LogP contribution < -0.4 is 0 Å². The third-order valence-electron chi connectivity index (χ3n) is 1.70. The zero-order valence-electron chi connectivity index (χ0n) is 6.44. The highest BCUT2D eigenvalue weighted by Gasteiger charge is 2.10. The first-order chi connectivity index (χ1) is 5.81. The fourth-order valence-electron chi connectivity index (χ4n) is 1.02. The number of rotatable bonds is 0. The Balaban J connectivity index is 3.00. The van der Waals surface area contributed by atoms with Gasteiger partial charge in [-0.05, 0) is 5.57 Å². The van der Waals surface area contributed by atoms with Gasteiger partial charge in [-0.1, -0.05) is 12.2 Å². The van der Waals surface area contributed by atoms with E-state index in [9.17, 15) is 0 Å². The van der Waals surface area contributed by atoms with Gasteiger partial charge in [-0.25, -0.2) is 0 Å². The van der Waals surface area contributed by atoms with E-state index >= 15 is 0 Å². The van der Waals surface area contributed by atoms with Gasteiger partial charge < -0.3 is 15.3 Å². The fourth-order valence-corrected chi connectivity index (χ4v) is 1.02. The van der Waals surface area contributed by atoms with Crippen molar-refractivity contribution in [1.29, 1.82) is 0 Å². The minimum atomic E-state index is 0.426. The average molecular weight is 166 g/mol. The van der Waals surface area contributed by atoms with Gasteiger partial charge in [0.1, 0.15) is 0 Å². The molecule has 0 amide bonds. The van der Waals surface area contributed by atoms with E-state index in [1.54, 1.807) is 12.2 Å². The summed E-state index contributed by atoms with van der Waals surface area (Å²) < 4.78 is 0. The van der Waals surface area contributed by atoms with Gasteiger partial charge in [0.05, 0.1) is 18.8 Å². The van der Waals surface area contributed by atoms with Gasteiger partial charge in [-0.15, -0.1) is 0 Å². The molecule has 0 saturated heterocycles. The van der Waals surface area contributed by atoms with Crippen LogP contribution in [-0.4, -0.2) is 15.3 Å². The maximum Gasteiger partial charge on any atom is 0.0868 e. The van der Waals surface area contributed by atoms with E-state index in [4.69, 9.17) is 15.3 Å². The van der Waals surface area contributed by atoms with Crippen molar-refractivity contribution < 1.29 is 15.3 Å². The highest BCUT2D eigenvalue weighted by atomic mass is 16.2. The highest BCUT2D eigenvalue weighted by molar-refractivity contribution is 5.47. The lowest BCUT2D eigenvalue weighted by atomic mass is 9.94. The molecule has 1 aliphatic carbocycles. The standard InChI is InChI=1S/C9H10O3/c10-4-7-1-2-8(5-11)9(3-7)6-12/h1-2,4-6,10-12H,3H2. The molecule has 0 saturated carbocycles. The summed E-state index contributed by atoms with van der Waals surface area (Å²) in [4.78, 5) is 0. The van der Waals surface area contributed by atoms with Crippen LogP contribution in [0, 0.1) is 0 Å². The number of hydrogen-bond donors (Lipinski definition) is 3. The van der Waals surface area contributed by atoms with Crippen molar-refractivity contribution in [3.63, 3.8) is 0 Å². The van der Waals surface area contributed by atoms with Gasteiger partial charge >= 0.3 is 0 Å². The topological polar surface area (TPSA) is 60.7 Å². The normalized spacial score (nSPS) is 27.2. The molecule has 3 nitrogen and oxygen atoms in total. The molecule has 0 bridgehead atoms. The fraction of sp³-hybridized carbons (Fsp3) is 0.111. The third kappa shape index (κ3) is 1.50. The van der Waals surface area contributed by atoms with Crippen LogP contribution in [-0.2, 0) is 0 Å². The van der Waals surface area contributed by atoms with Gasteiger partial charge in [-0.3, -0.25) is 0 Å². The molecular formula is C9H10O3. The zero-order valence-corrected chi connectivity index (χ0v) is 6.44. The molecular weight excluding hydrogens is 156 g/mol. The van der Waals surface area contributed by atoms with Gasteiger partial charge in [0.2, 0.25) is 0 Å². The van der Waals surface area contributed by atoms with Crippen LogP contribution in [0.5, 0.6) is 0 Å². The molecule has 0 aromatic heterocycles. The van der Waals surface area contributed by atoms with E-state index < -0.39 is 0 Å². The second-order valence-electron chi connectivity index (χ2n) is 2.45. The molecule has 0 heterocycles. The summed E-state index contributed by atoms with van der Waals surface area (Å²) in [5.41, 5.74) is 1.84. The van der Waals surface area contributed by atoms with Crippen LogP contribution in [0.3, 0.4) is 0 Å². The van der Waals surface area contributed by atoms with Crippen LogP contribution in [0.15, 0.2) is 47.7 Å². The Morgan fingerprint density at radius 1 is 1.00 bits per heavy atom. The number of allylic oxidation sites excluding steroid dienone is 5. The smallest absolute Gasteiger partial charge is 0.0868 e. The molecule has 1 rings (SSSR count). The second-order valence-corrected chi connectivity index (χ2v) is 2.45. The van der Waals surface area contributed by atoms with Crippen molar-refractivity contribution in [2.75, 3.05) is 0 Å². The maximum atomic E-state index is 8.75. The molecule has 0 aliphatic heterocycles. The maximum absolute atomic E-state index is 8.75. The average Bonchev–Trinajstić information content (AvgIpc) is 2.16. The van der Waals surface area contributed by atoms with E-state index in [0.29, 0.717) is 23.1 Å². The van der Waals surface area contributed by atoms with Crippen molar-refractivity contribution in [3.05, 3.63) is 47.7 Å². The molecule has 0 radical (unpaired) electrons. The van der Waals surface area contributed by atoms with Crippen molar-refractivity contribution >= 4 is 0 Å². The minimum absolute atomic E-state index is 0.426. The molecule has 64 valence electrons. The highest BCUT2D eigenvalue weighted by Crippen LogP contribution is 2.25. The Hall–Kier alpha value is -1.64. The van der Waals surface area contributed by atoms with Crippen molar-refractivity contribution in [2.45, 2.75) is 6.42 Å². The summed E-state index contributed by atoms with van der Waals surface area (Å²) in [7, 11) is 0. The molecule has 0 atom stereocenters. The Bertz CT molecular complexity index is 282. The van der Waals surface area contributed by atoms with E-state index in [2.05, 4.69) is 0 Å². The van der Waals surface area contributed by atoms with Gasteiger partial charge in [0.25, 0.3) is 0 Å². The van der Waals surface area contributed by atoms with E-state index in [0.717, 1.165) is 18.8 Å². The summed E-state index contributed by atoms with van der Waals surface area (Å²) in [6.45, 7) is 0. The van der Waals surface area contributed by atoms with Gasteiger partial charge in [0.15, 0.2) is 0 Å². The molecule has 12 heavy (non-hydrogen) atoms. The SMILES string of the molecule is OC=C1C=CC(=CO)C(=CO)C1. The lowest BCUT2D eigenvalue weighted by Crippen LogP contribution is -1.96. The van der Waals surface area contributed by atoms with Gasteiger partial charge in [0, 0.05) is 17.6 Å². The lowest BCUT2D eigenvalue weighted by molar-refractivity contribution is 0.454. The van der Waals surface area contributed by atoms with E-state index in [1.165, 1.54) is 0 Å². The van der Waals surface area contributed by atoms with E-state index in [-0.39, 0.29) is 0 Å². The van der Waals surface area contributed by atoms with Crippen molar-refractivity contribution in [2.24, 2.45) is 0 Å². The summed E-state index contributed by atoms with van der Waals surface area (Å²) in [5, 5.41) is 26.1. The predicted octanol–water partition coefficient (Wildman–Crippen LogP) is 2.27. The van der Waals surface area contributed by atoms with E-state index in [1.807, 2.05) is 0 Å². The molecule has 3 heteroatoms. The molecule has 0 aromatic rings. The van der Waals surface area contributed by atoms with Crippen LogP contribution in [0.25, 0.3) is 0 Å². The van der Waals surface area contributed by atoms with Crippen LogP contribution in [0.1, 0.15) is 6.42 Å². The van der Waals surface area contributed by atoms with Gasteiger partial charge in [-0.2, -0.15) is 0 Å². The molecule has 0 unspecified atom stereocenters. The Morgan fingerprint density at radius 2 is 1.75 bits per heavy atom. The Kier molecular flexibility index (Phi) is 2.58. The van der Waals surface area contributed by atoms with Crippen molar-refractivity contribution in [3.8, 4) is 0 Å². The second kappa shape index (κ2) is 3.67. The van der Waals surface area contributed by atoms with Crippen LogP contribution in [0.4, 0.5) is 0 Å². The largest absolute Gasteiger partial charge is 0.515 e. The predicted molar refractivity (Wildman–Crippen MR) is 45.9 cm³/mol. The first kappa shape index (κ1) is 8.46. The third-order valence-corrected chi connectivity index (χ3v) is 1.70. The Labute approximate surface area is 70.3 Å². The van der Waals surface area contributed by atoms with Crippen LogP contribution in [0.2, 0.25) is 0 Å². The van der Waals surface area contributed by atoms with Crippen LogP contribution >= 0.6 is 0 Å². The summed E-state index contributed by atoms with van der Waals surface area (Å²) in [5.74, 6) is 0. The summed E-state index contributed by atoms with van der Waals surface area (Å²) in [6, 6.07) is 0. The molecule has 3 N–H and O–H groups in total.